The molecule has 1 unspecified atom stereocenters. The molecule has 0 rings (SSSR count). The van der Waals surface area contributed by atoms with E-state index in [0.29, 0.717) is 0 Å². The monoisotopic (exact) mass is 296 g/mol. The minimum Gasteiger partial charge on any atom is -0.462 e. The maximum absolute atomic E-state index is 11.6. The van der Waals surface area contributed by atoms with Crippen LogP contribution in [0.4, 0.5) is 0 Å². The lowest BCUT2D eigenvalue weighted by molar-refractivity contribution is -0.149. The van der Waals surface area contributed by atoms with Crippen LogP contribution < -0.4 is 5.09 Å². The van der Waals surface area contributed by atoms with Gasteiger partial charge in [-0.3, -0.25) is 4.79 Å². The van der Waals surface area contributed by atoms with Gasteiger partial charge in [0.05, 0.1) is 12.2 Å². The molecule has 112 valence electrons. The maximum Gasteiger partial charge on any atom is 0.613 e. The molecule has 0 aromatic heterocycles. The van der Waals surface area contributed by atoms with E-state index in [9.17, 15) is 14.5 Å². The number of hydrogen-bond donors (Lipinski definition) is 2. The molecule has 0 aliphatic carbocycles. The zero-order valence-electron chi connectivity index (χ0n) is 12.0. The van der Waals surface area contributed by atoms with Crippen LogP contribution in [0.15, 0.2) is 0 Å². The van der Waals surface area contributed by atoms with E-state index in [1.54, 1.807) is 20.8 Å². The molecule has 0 aromatic rings. The van der Waals surface area contributed by atoms with Gasteiger partial charge in [0, 0.05) is 7.11 Å². The highest BCUT2D eigenvalue weighted by atomic mass is 31.1. The Bertz CT molecular complexity index is 297. The largest absolute Gasteiger partial charge is 0.613 e. The van der Waals surface area contributed by atoms with Crippen LogP contribution in [0.25, 0.3) is 0 Å². The molecule has 0 amide bonds. The molecule has 0 saturated heterocycles. The predicted octanol–water partition coefficient (Wildman–Crippen LogP) is 0.986. The molecule has 0 bridgehead atoms. The van der Waals surface area contributed by atoms with Crippen molar-refractivity contribution < 1.29 is 28.5 Å². The molecule has 4 atom stereocenters. The molecule has 8 heteroatoms. The Labute approximate surface area is 114 Å². The van der Waals surface area contributed by atoms with E-state index in [4.69, 9.17) is 14.0 Å². The second-order valence-electron chi connectivity index (χ2n) is 4.40. The molecule has 7 nitrogen and oxygen atoms in total. The molecular formula is C11H23NO6P+. The number of carbonyl (C=O) groups is 1. The van der Waals surface area contributed by atoms with Gasteiger partial charge in [-0.15, -0.1) is 4.52 Å². The first-order valence-corrected chi connectivity index (χ1v) is 7.23. The molecule has 0 heterocycles. The molecular weight excluding hydrogens is 273 g/mol. The Kier molecular flexibility index (Phi) is 9.05. The van der Waals surface area contributed by atoms with Crippen LogP contribution in [-0.2, 0) is 23.4 Å². The van der Waals surface area contributed by atoms with Crippen LogP contribution >= 0.6 is 8.18 Å². The van der Waals surface area contributed by atoms with Crippen LogP contribution in [0.5, 0.6) is 0 Å². The summed E-state index contributed by atoms with van der Waals surface area (Å²) in [5.74, 6) is -0.499. The quantitative estimate of drug-likeness (QED) is 0.484. The Morgan fingerprint density at radius 1 is 1.32 bits per heavy atom. The van der Waals surface area contributed by atoms with Crippen molar-refractivity contribution in [2.45, 2.75) is 52.0 Å². The van der Waals surface area contributed by atoms with Gasteiger partial charge < -0.3 is 14.6 Å². The molecule has 0 aromatic carbocycles. The lowest BCUT2D eigenvalue weighted by atomic mass is 10.2. The average molecular weight is 296 g/mol. The van der Waals surface area contributed by atoms with Gasteiger partial charge in [0.25, 0.3) is 0 Å². The first-order chi connectivity index (χ1) is 8.77. The van der Waals surface area contributed by atoms with E-state index in [-0.39, 0.29) is 12.7 Å². The van der Waals surface area contributed by atoms with Crippen molar-refractivity contribution in [3.8, 4) is 0 Å². The van der Waals surface area contributed by atoms with Crippen LogP contribution in [0, 0.1) is 0 Å². The zero-order valence-corrected chi connectivity index (χ0v) is 12.8. The Morgan fingerprint density at radius 3 is 2.32 bits per heavy atom. The Morgan fingerprint density at radius 2 is 1.89 bits per heavy atom. The maximum atomic E-state index is 11.6. The average Bonchev–Trinajstić information content (AvgIpc) is 2.28. The number of carbonyl (C=O) groups excluding carboxylic acids is 1. The summed E-state index contributed by atoms with van der Waals surface area (Å²) in [6.45, 7) is 6.49. The van der Waals surface area contributed by atoms with Crippen molar-refractivity contribution >= 4 is 14.1 Å². The second-order valence-corrected chi connectivity index (χ2v) is 5.43. The van der Waals surface area contributed by atoms with E-state index < -0.39 is 32.4 Å². The smallest absolute Gasteiger partial charge is 0.462 e. The highest BCUT2D eigenvalue weighted by Gasteiger charge is 2.29. The van der Waals surface area contributed by atoms with E-state index in [1.165, 1.54) is 14.0 Å². The summed E-state index contributed by atoms with van der Waals surface area (Å²) in [6.07, 6.45) is -1.54. The number of nitrogens with one attached hydrogen (secondary N) is 1. The van der Waals surface area contributed by atoms with Crippen LogP contribution in [0.3, 0.4) is 0 Å². The fourth-order valence-corrected chi connectivity index (χ4v) is 1.91. The summed E-state index contributed by atoms with van der Waals surface area (Å²) >= 11 is 0. The van der Waals surface area contributed by atoms with Gasteiger partial charge in [0.1, 0.15) is 18.8 Å². The topological polar surface area (TPSA) is 94.1 Å². The van der Waals surface area contributed by atoms with Gasteiger partial charge >= 0.3 is 14.1 Å². The van der Waals surface area contributed by atoms with Crippen molar-refractivity contribution in [3.63, 3.8) is 0 Å². The molecule has 0 aliphatic rings. The lowest BCUT2D eigenvalue weighted by Crippen LogP contribution is -2.34. The second kappa shape index (κ2) is 9.34. The Balaban J connectivity index is 4.07. The number of aliphatic hydroxyl groups is 1. The summed E-state index contributed by atoms with van der Waals surface area (Å²) in [5.41, 5.74) is 0. The molecule has 0 saturated carbocycles. The lowest BCUT2D eigenvalue weighted by Gasteiger charge is -2.14. The summed E-state index contributed by atoms with van der Waals surface area (Å²) in [5, 5.41) is 11.8. The molecule has 0 spiro atoms. The number of rotatable bonds is 9. The first kappa shape index (κ1) is 18.4. The number of aliphatic hydroxyl groups excluding tert-OH is 1. The predicted molar refractivity (Wildman–Crippen MR) is 69.9 cm³/mol. The standard InChI is InChI=1S/C11H23NO6P/c1-7(2)18-11(14)8(3)12-19(15)17-6-10(16-5)9(4)13/h7-10,13H,6H2,1-5H3,(H,12,15)/q+1/t8-,9-,10+/m0/s1. The molecule has 0 fully saturated rings. The van der Waals surface area contributed by atoms with Crippen molar-refractivity contribution in [2.75, 3.05) is 13.7 Å². The van der Waals surface area contributed by atoms with E-state index in [1.807, 2.05) is 0 Å². The van der Waals surface area contributed by atoms with Crippen molar-refractivity contribution in [2.24, 2.45) is 0 Å². The normalized spacial score (nSPS) is 16.9. The van der Waals surface area contributed by atoms with Crippen molar-refractivity contribution in [1.29, 1.82) is 0 Å². The van der Waals surface area contributed by atoms with E-state index in [0.717, 1.165) is 0 Å². The molecule has 0 radical (unpaired) electrons. The highest BCUT2D eigenvalue weighted by molar-refractivity contribution is 7.36. The summed E-state index contributed by atoms with van der Waals surface area (Å²) in [6, 6.07) is -0.737. The Hall–Kier alpha value is -0.590. The van der Waals surface area contributed by atoms with E-state index in [2.05, 4.69) is 5.09 Å². The first-order valence-electron chi connectivity index (χ1n) is 6.05. The van der Waals surface area contributed by atoms with Crippen LogP contribution in [-0.4, -0.2) is 49.1 Å². The third kappa shape index (κ3) is 8.23. The van der Waals surface area contributed by atoms with Gasteiger partial charge in [-0.1, -0.05) is 5.09 Å². The fraction of sp³-hybridized carbons (Fsp3) is 0.909. The third-order valence-electron chi connectivity index (χ3n) is 2.20. The van der Waals surface area contributed by atoms with Gasteiger partial charge in [-0.05, 0) is 32.3 Å². The summed E-state index contributed by atoms with van der Waals surface area (Å²) < 4.78 is 26.4. The number of ether oxygens (including phenoxy) is 2. The summed E-state index contributed by atoms with van der Waals surface area (Å²) in [4.78, 5) is 11.5. The van der Waals surface area contributed by atoms with E-state index >= 15 is 0 Å². The number of esters is 1. The number of methoxy groups -OCH3 is 1. The van der Waals surface area contributed by atoms with Crippen molar-refractivity contribution in [3.05, 3.63) is 0 Å². The molecule has 2 N–H and O–H groups in total. The SMILES string of the molecule is CO[C@H](CO[P+](=O)N[C@@H](C)C(=O)OC(C)C)[C@H](C)O. The van der Waals surface area contributed by atoms with Gasteiger partial charge in [0.2, 0.25) is 0 Å². The molecule has 19 heavy (non-hydrogen) atoms. The van der Waals surface area contributed by atoms with Gasteiger partial charge in [0.15, 0.2) is 0 Å². The fourth-order valence-electron chi connectivity index (χ4n) is 1.13. The third-order valence-corrected chi connectivity index (χ3v) is 3.18. The highest BCUT2D eigenvalue weighted by Crippen LogP contribution is 2.19. The minimum absolute atomic E-state index is 0.0394. The van der Waals surface area contributed by atoms with Gasteiger partial charge in [-0.2, -0.15) is 0 Å². The number of hydrogen-bond acceptors (Lipinski definition) is 6. The van der Waals surface area contributed by atoms with Crippen molar-refractivity contribution in [1.82, 2.24) is 5.09 Å². The zero-order chi connectivity index (χ0) is 15.0. The molecule has 0 aliphatic heterocycles. The van der Waals surface area contributed by atoms with Crippen LogP contribution in [0.2, 0.25) is 0 Å². The summed E-state index contributed by atoms with van der Waals surface area (Å²) in [7, 11) is -0.812. The van der Waals surface area contributed by atoms with Gasteiger partial charge in [-0.25, -0.2) is 0 Å². The van der Waals surface area contributed by atoms with Crippen LogP contribution in [0.1, 0.15) is 27.7 Å². The minimum atomic E-state index is -2.23.